The molecule has 1 aliphatic heterocycles. The predicted molar refractivity (Wildman–Crippen MR) is 118 cm³/mol. The van der Waals surface area contributed by atoms with Crippen LogP contribution in [0.15, 0.2) is 35.3 Å². The Morgan fingerprint density at radius 3 is 2.44 bits per heavy atom. The summed E-state index contributed by atoms with van der Waals surface area (Å²) in [5, 5.41) is 9.09. The van der Waals surface area contributed by atoms with Gasteiger partial charge < -0.3 is 20.9 Å². The molecule has 0 aliphatic carbocycles. The Labute approximate surface area is 178 Å². The fourth-order valence-corrected chi connectivity index (χ4v) is 2.73. The smallest absolute Gasteiger partial charge is 0.244 e. The number of hydrogen-bond donors (Lipinski definition) is 3. The second-order valence-corrected chi connectivity index (χ2v) is 6.22. The van der Waals surface area contributed by atoms with E-state index in [2.05, 4.69) is 20.9 Å². The molecule has 0 unspecified atom stereocenters. The lowest BCUT2D eigenvalue weighted by Crippen LogP contribution is -2.40. The number of amides is 2. The van der Waals surface area contributed by atoms with Crippen LogP contribution in [0.1, 0.15) is 31.7 Å². The van der Waals surface area contributed by atoms with Gasteiger partial charge in [0.15, 0.2) is 5.96 Å². The van der Waals surface area contributed by atoms with Crippen LogP contribution in [0, 0.1) is 0 Å². The van der Waals surface area contributed by atoms with Gasteiger partial charge in [0.05, 0.1) is 0 Å². The topological polar surface area (TPSA) is 85.8 Å². The van der Waals surface area contributed by atoms with E-state index in [1.165, 1.54) is 0 Å². The molecule has 0 saturated carbocycles. The van der Waals surface area contributed by atoms with E-state index in [4.69, 9.17) is 0 Å². The van der Waals surface area contributed by atoms with E-state index in [1.807, 2.05) is 42.2 Å². The molecule has 0 aromatic heterocycles. The normalized spacial score (nSPS) is 13.7. The molecule has 3 N–H and O–H groups in total. The van der Waals surface area contributed by atoms with Crippen LogP contribution < -0.4 is 16.0 Å². The number of hydrogen-bond acceptors (Lipinski definition) is 3. The van der Waals surface area contributed by atoms with Gasteiger partial charge in [0.2, 0.25) is 11.8 Å². The van der Waals surface area contributed by atoms with Crippen LogP contribution in [0.5, 0.6) is 0 Å². The molecule has 8 heteroatoms. The monoisotopic (exact) mass is 487 g/mol. The second-order valence-electron chi connectivity index (χ2n) is 6.22. The van der Waals surface area contributed by atoms with Crippen LogP contribution in [-0.2, 0) is 16.1 Å². The number of carbonyl (C=O) groups excluding carboxylic acids is 2. The van der Waals surface area contributed by atoms with Crippen LogP contribution in [0.3, 0.4) is 0 Å². The molecular formula is C19H30IN5O2. The van der Waals surface area contributed by atoms with Gasteiger partial charge in [-0.2, -0.15) is 0 Å². The number of benzene rings is 1. The molecule has 2 rings (SSSR count). The maximum atomic E-state index is 12.1. The fraction of sp³-hybridized carbons (Fsp3) is 0.526. The molecule has 2 amide bonds. The highest BCUT2D eigenvalue weighted by Crippen LogP contribution is 2.07. The van der Waals surface area contributed by atoms with E-state index in [1.54, 1.807) is 0 Å². The minimum absolute atomic E-state index is 0. The molecule has 7 nitrogen and oxygen atoms in total. The Kier molecular flexibility index (Phi) is 11.5. The number of likely N-dealkylation sites (tertiary alicyclic amines) is 1. The molecule has 1 aromatic rings. The Morgan fingerprint density at radius 1 is 1.07 bits per heavy atom. The number of halogens is 1. The molecule has 1 fully saturated rings. The number of rotatable bonds is 8. The maximum Gasteiger partial charge on any atom is 0.244 e. The Hall–Kier alpha value is -1.84. The summed E-state index contributed by atoms with van der Waals surface area (Å²) in [5.41, 5.74) is 1.07. The van der Waals surface area contributed by atoms with Crippen molar-refractivity contribution < 1.29 is 9.59 Å². The average molecular weight is 487 g/mol. The van der Waals surface area contributed by atoms with Crippen molar-refractivity contribution in [1.82, 2.24) is 20.9 Å². The first kappa shape index (κ1) is 23.2. The van der Waals surface area contributed by atoms with Gasteiger partial charge in [0.25, 0.3) is 0 Å². The van der Waals surface area contributed by atoms with Gasteiger partial charge in [0, 0.05) is 39.1 Å². The summed E-state index contributed by atoms with van der Waals surface area (Å²) in [6.45, 7) is 5.45. The molecule has 150 valence electrons. The zero-order valence-corrected chi connectivity index (χ0v) is 18.2. The lowest BCUT2D eigenvalue weighted by Gasteiger charge is -2.15. The summed E-state index contributed by atoms with van der Waals surface area (Å²) < 4.78 is 0. The largest absolute Gasteiger partial charge is 0.357 e. The molecule has 27 heavy (non-hydrogen) atoms. The third-order valence-electron chi connectivity index (χ3n) is 4.15. The summed E-state index contributed by atoms with van der Waals surface area (Å²) in [5.74, 6) is 0.599. The van der Waals surface area contributed by atoms with E-state index in [9.17, 15) is 9.59 Å². The Balaban J connectivity index is 0.00000364. The number of guanidine groups is 1. The van der Waals surface area contributed by atoms with E-state index in [0.29, 0.717) is 32.0 Å². The predicted octanol–water partition coefficient (Wildman–Crippen LogP) is 1.49. The average Bonchev–Trinajstić information content (AvgIpc) is 3.20. The van der Waals surface area contributed by atoms with Gasteiger partial charge in [-0.15, -0.1) is 24.0 Å². The first-order valence-corrected chi connectivity index (χ1v) is 9.29. The summed E-state index contributed by atoms with van der Waals surface area (Å²) >= 11 is 0. The van der Waals surface area contributed by atoms with Crippen molar-refractivity contribution in [2.24, 2.45) is 4.99 Å². The van der Waals surface area contributed by atoms with Crippen molar-refractivity contribution in [1.29, 1.82) is 0 Å². The summed E-state index contributed by atoms with van der Waals surface area (Å²) in [6, 6.07) is 9.81. The molecule has 0 bridgehead atoms. The highest BCUT2D eigenvalue weighted by atomic mass is 127. The van der Waals surface area contributed by atoms with Gasteiger partial charge in [-0.3, -0.25) is 9.59 Å². The fourth-order valence-electron chi connectivity index (χ4n) is 2.73. The molecule has 1 saturated heterocycles. The van der Waals surface area contributed by atoms with Crippen LogP contribution in [0.2, 0.25) is 0 Å². The highest BCUT2D eigenvalue weighted by Gasteiger charge is 2.17. The maximum absolute atomic E-state index is 12.1. The first-order valence-electron chi connectivity index (χ1n) is 9.29. The summed E-state index contributed by atoms with van der Waals surface area (Å²) in [4.78, 5) is 30.1. The molecule has 1 heterocycles. The van der Waals surface area contributed by atoms with Crippen LogP contribution in [0.4, 0.5) is 0 Å². The number of nitrogens with one attached hydrogen (secondary N) is 3. The van der Waals surface area contributed by atoms with Gasteiger partial charge in [-0.05, 0) is 25.3 Å². The zero-order chi connectivity index (χ0) is 18.6. The van der Waals surface area contributed by atoms with Gasteiger partial charge in [-0.25, -0.2) is 4.99 Å². The van der Waals surface area contributed by atoms with Crippen molar-refractivity contribution in [3.63, 3.8) is 0 Å². The lowest BCUT2D eigenvalue weighted by molar-refractivity contribution is -0.128. The zero-order valence-electron chi connectivity index (χ0n) is 15.9. The third kappa shape index (κ3) is 9.07. The van der Waals surface area contributed by atoms with Crippen molar-refractivity contribution in [2.45, 2.75) is 32.7 Å². The van der Waals surface area contributed by atoms with Crippen molar-refractivity contribution in [3.8, 4) is 0 Å². The number of nitrogens with zero attached hydrogens (tertiary/aromatic N) is 2. The lowest BCUT2D eigenvalue weighted by atomic mass is 10.2. The van der Waals surface area contributed by atoms with Crippen LogP contribution >= 0.6 is 24.0 Å². The molecule has 0 spiro atoms. The quantitative estimate of drug-likeness (QED) is 0.295. The summed E-state index contributed by atoms with van der Waals surface area (Å²) in [6.07, 6.45) is 2.50. The first-order chi connectivity index (χ1) is 12.7. The van der Waals surface area contributed by atoms with E-state index in [-0.39, 0.29) is 42.3 Å². The van der Waals surface area contributed by atoms with Gasteiger partial charge in [0.1, 0.15) is 6.54 Å². The SMILES string of the molecule is CCNC(=NCC(=O)N1CCCC1)NCCC(=O)NCc1ccccc1.I. The van der Waals surface area contributed by atoms with E-state index in [0.717, 1.165) is 31.5 Å². The van der Waals surface area contributed by atoms with E-state index < -0.39 is 0 Å². The van der Waals surface area contributed by atoms with Crippen molar-refractivity contribution in [2.75, 3.05) is 32.7 Å². The van der Waals surface area contributed by atoms with Crippen LogP contribution in [-0.4, -0.2) is 55.4 Å². The third-order valence-corrected chi connectivity index (χ3v) is 4.15. The second kappa shape index (κ2) is 13.3. The minimum Gasteiger partial charge on any atom is -0.357 e. The Morgan fingerprint density at radius 2 is 1.78 bits per heavy atom. The number of aliphatic imine (C=N–C) groups is 1. The molecule has 1 aromatic carbocycles. The molecule has 0 atom stereocenters. The van der Waals surface area contributed by atoms with Crippen molar-refractivity contribution >= 4 is 41.8 Å². The molecule has 0 radical (unpaired) electrons. The van der Waals surface area contributed by atoms with Gasteiger partial charge >= 0.3 is 0 Å². The molecular weight excluding hydrogens is 457 g/mol. The standard InChI is InChI=1S/C19H29N5O2.HI/c1-2-20-19(23-15-18(26)24-12-6-7-13-24)21-11-10-17(25)22-14-16-8-4-3-5-9-16;/h3-5,8-9H,2,6-7,10-15H2,1H3,(H,22,25)(H2,20,21,23);1H. The van der Waals surface area contributed by atoms with Gasteiger partial charge in [-0.1, -0.05) is 30.3 Å². The minimum atomic E-state index is -0.0228. The molecule has 1 aliphatic rings. The Bertz CT molecular complexity index is 603. The van der Waals surface area contributed by atoms with Crippen LogP contribution in [0.25, 0.3) is 0 Å². The summed E-state index contributed by atoms with van der Waals surface area (Å²) in [7, 11) is 0. The van der Waals surface area contributed by atoms with Crippen molar-refractivity contribution in [3.05, 3.63) is 35.9 Å². The number of carbonyl (C=O) groups is 2. The van der Waals surface area contributed by atoms with E-state index >= 15 is 0 Å². The highest BCUT2D eigenvalue weighted by molar-refractivity contribution is 14.0.